The summed E-state index contributed by atoms with van der Waals surface area (Å²) in [6.07, 6.45) is 7.00. The smallest absolute Gasteiger partial charge is 0.0267 e. The fourth-order valence-corrected chi connectivity index (χ4v) is 6.62. The number of para-hydroxylation sites is 2. The Bertz CT molecular complexity index is 1330. The average molecular weight is 701 g/mol. The molecule has 0 aliphatic carbocycles. The molecule has 0 saturated carbocycles. The van der Waals surface area contributed by atoms with Crippen LogP contribution in [0.15, 0.2) is 128 Å². The summed E-state index contributed by atoms with van der Waals surface area (Å²) in [4.78, 5) is 12.6. The molecule has 0 spiro atoms. The van der Waals surface area contributed by atoms with E-state index < -0.39 is 13.5 Å². The average Bonchev–Trinajstić information content (AvgIpc) is 3.49. The third kappa shape index (κ3) is 12.0. The topological polar surface area (TPSA) is 32.3 Å². The van der Waals surface area contributed by atoms with E-state index in [2.05, 4.69) is 83.9 Å². The number of hydrogen-bond acceptors (Lipinski definition) is 4. The number of aromatic nitrogens is 2. The van der Waals surface area contributed by atoms with Crippen molar-refractivity contribution in [2.75, 3.05) is 29.6 Å². The first-order valence-electron chi connectivity index (χ1n) is 14.1. The molecule has 4 nitrogen and oxygen atoms in total. The summed E-state index contributed by atoms with van der Waals surface area (Å²) < 4.78 is 1.92. The molecule has 43 heavy (non-hydrogen) atoms. The number of halogens is 2. The Hall–Kier alpha value is -3.37. The van der Waals surface area contributed by atoms with Gasteiger partial charge in [-0.15, -0.1) is 0 Å². The second-order valence-corrected chi connectivity index (χ2v) is 15.6. The molecule has 1 aliphatic rings. The number of benzene rings is 3. The van der Waals surface area contributed by atoms with E-state index in [1.54, 1.807) is 24.8 Å². The van der Waals surface area contributed by atoms with Crippen molar-refractivity contribution in [3.05, 3.63) is 156 Å². The van der Waals surface area contributed by atoms with Gasteiger partial charge >= 0.3 is 73.4 Å². The summed E-state index contributed by atoms with van der Waals surface area (Å²) in [5.74, 6) is 0. The number of rotatable bonds is 3. The summed E-state index contributed by atoms with van der Waals surface area (Å²) in [6.45, 7) is 12.0. The number of aryl methyl sites for hydroxylation is 4. The van der Waals surface area contributed by atoms with Gasteiger partial charge in [-0.05, 0) is 74.2 Å². The van der Waals surface area contributed by atoms with Gasteiger partial charge in [0, 0.05) is 49.3 Å². The minimum atomic E-state index is -1.61. The van der Waals surface area contributed by atoms with Crippen LogP contribution in [0.2, 0.25) is 0 Å². The van der Waals surface area contributed by atoms with Crippen LogP contribution in [-0.4, -0.2) is 34.3 Å². The fourth-order valence-electron chi connectivity index (χ4n) is 4.80. The zero-order chi connectivity index (χ0) is 30.9. The van der Waals surface area contributed by atoms with E-state index in [1.165, 1.54) is 33.6 Å². The number of anilines is 2. The predicted molar refractivity (Wildman–Crippen MR) is 183 cm³/mol. The van der Waals surface area contributed by atoms with Crippen molar-refractivity contribution in [2.45, 2.75) is 27.7 Å². The Morgan fingerprint density at radius 2 is 0.907 bits per heavy atom. The van der Waals surface area contributed by atoms with Crippen LogP contribution in [0.3, 0.4) is 0 Å². The largest absolute Gasteiger partial charge is 0.265 e. The molecule has 2 aromatic heterocycles. The van der Waals surface area contributed by atoms with Crippen LogP contribution >= 0.6 is 19.4 Å². The Kier molecular flexibility index (Phi) is 15.1. The van der Waals surface area contributed by atoms with Gasteiger partial charge in [-0.25, -0.2) is 0 Å². The molecule has 0 N–H and O–H groups in total. The van der Waals surface area contributed by atoms with Gasteiger partial charge in [-0.3, -0.25) is 9.97 Å². The quantitative estimate of drug-likeness (QED) is 0.176. The molecule has 7 heteroatoms. The van der Waals surface area contributed by atoms with Gasteiger partial charge < -0.3 is 9.80 Å². The first-order chi connectivity index (χ1) is 20.9. The third-order valence-electron chi connectivity index (χ3n) is 6.62. The van der Waals surface area contributed by atoms with Gasteiger partial charge in [0.1, 0.15) is 0 Å². The molecular weight excluding hydrogens is 660 g/mol. The van der Waals surface area contributed by atoms with Crippen LogP contribution in [0.5, 0.6) is 0 Å². The SMILES string of the molecule is Cc1cccc(C)c1N1CCN(c2c(C)cccc2C)C1.[Cl][Ru]([Cl])=[CH]c1ccccc1.c1ccncc1.c1ccncc1. The Morgan fingerprint density at radius 3 is 1.21 bits per heavy atom. The molecule has 0 bridgehead atoms. The zero-order valence-corrected chi connectivity index (χ0v) is 28.5. The number of nitrogens with zero attached hydrogens (tertiary/aromatic N) is 4. The van der Waals surface area contributed by atoms with Crippen LogP contribution in [0.4, 0.5) is 11.4 Å². The maximum absolute atomic E-state index is 5.67. The van der Waals surface area contributed by atoms with Gasteiger partial charge in [0.15, 0.2) is 0 Å². The predicted octanol–water partition coefficient (Wildman–Crippen LogP) is 9.13. The molecule has 6 rings (SSSR count). The summed E-state index contributed by atoms with van der Waals surface area (Å²) in [6, 6.07) is 34.5. The van der Waals surface area contributed by atoms with Crippen molar-refractivity contribution in [1.82, 2.24) is 9.97 Å². The van der Waals surface area contributed by atoms with Crippen LogP contribution in [0, 0.1) is 27.7 Å². The van der Waals surface area contributed by atoms with Gasteiger partial charge in [0.05, 0.1) is 6.67 Å². The van der Waals surface area contributed by atoms with Crippen LogP contribution in [0.25, 0.3) is 0 Å². The monoisotopic (exact) mass is 700 g/mol. The van der Waals surface area contributed by atoms with E-state index in [0.29, 0.717) is 0 Å². The third-order valence-corrected chi connectivity index (χ3v) is 8.49. The molecule has 226 valence electrons. The maximum atomic E-state index is 5.67. The summed E-state index contributed by atoms with van der Waals surface area (Å²) in [5, 5.41) is 0. The number of hydrogen-bond donors (Lipinski definition) is 0. The van der Waals surface area contributed by atoms with Crippen molar-refractivity contribution in [2.24, 2.45) is 0 Å². The maximum Gasteiger partial charge on any atom is 0.0267 e. The first kappa shape index (κ1) is 34.1. The molecule has 3 heterocycles. The zero-order valence-electron chi connectivity index (χ0n) is 25.2. The molecule has 0 unspecified atom stereocenters. The van der Waals surface area contributed by atoms with Crippen molar-refractivity contribution < 1.29 is 13.5 Å². The van der Waals surface area contributed by atoms with Crippen molar-refractivity contribution in [3.8, 4) is 0 Å². The molecule has 0 amide bonds. The standard InChI is InChI=1S/C19H24N2.C7H6.2C5H5N.2ClH.Ru/c1-14-7-5-8-15(2)18(14)20-11-12-21(13-20)19-16(3)9-6-10-17(19)4;1-7-5-3-2-4-6-7;2*1-2-4-6-5-3-1;;;/h5-10H,11-13H2,1-4H3;1-6H;2*1-5H;2*1H;/q;;;;;;+2/p-2. The van der Waals surface area contributed by atoms with Crippen LogP contribution in [-0.2, 0) is 13.5 Å². The molecule has 0 atom stereocenters. The Labute approximate surface area is 270 Å². The van der Waals surface area contributed by atoms with Gasteiger partial charge in [0.25, 0.3) is 0 Å². The minimum Gasteiger partial charge on any atom is -0.265 e. The molecular formula is C36H40Cl2N4Ru. The van der Waals surface area contributed by atoms with Crippen molar-refractivity contribution in [3.63, 3.8) is 0 Å². The molecule has 3 aromatic carbocycles. The summed E-state index contributed by atoms with van der Waals surface area (Å²) in [5.41, 5.74) is 9.43. The van der Waals surface area contributed by atoms with Crippen LogP contribution < -0.4 is 9.80 Å². The first-order valence-corrected chi connectivity index (χ1v) is 19.6. The van der Waals surface area contributed by atoms with E-state index in [-0.39, 0.29) is 0 Å². The van der Waals surface area contributed by atoms with E-state index in [4.69, 9.17) is 19.4 Å². The fraction of sp³-hybridized carbons (Fsp3) is 0.194. The van der Waals surface area contributed by atoms with Crippen molar-refractivity contribution in [1.29, 1.82) is 0 Å². The molecule has 1 saturated heterocycles. The van der Waals surface area contributed by atoms with Gasteiger partial charge in [-0.1, -0.05) is 48.5 Å². The van der Waals surface area contributed by atoms with Crippen molar-refractivity contribution >= 4 is 35.4 Å². The van der Waals surface area contributed by atoms with E-state index in [0.717, 1.165) is 25.3 Å². The second-order valence-electron chi connectivity index (χ2n) is 9.92. The van der Waals surface area contributed by atoms with E-state index in [1.807, 2.05) is 71.3 Å². The Morgan fingerprint density at radius 1 is 0.535 bits per heavy atom. The van der Waals surface area contributed by atoms with Gasteiger partial charge in [-0.2, -0.15) is 0 Å². The summed E-state index contributed by atoms with van der Waals surface area (Å²) >= 11 is -1.61. The van der Waals surface area contributed by atoms with Crippen LogP contribution in [0.1, 0.15) is 27.8 Å². The molecule has 0 radical (unpaired) electrons. The van der Waals surface area contributed by atoms with E-state index in [9.17, 15) is 0 Å². The van der Waals surface area contributed by atoms with Gasteiger partial charge in [0.2, 0.25) is 0 Å². The molecule has 1 aliphatic heterocycles. The summed E-state index contributed by atoms with van der Waals surface area (Å²) in [7, 11) is 11.3. The normalized spacial score (nSPS) is 12.0. The molecule has 1 fully saturated rings. The molecule has 5 aromatic rings. The van der Waals surface area contributed by atoms with E-state index >= 15 is 0 Å². The minimum absolute atomic E-state index is 0.984. The Balaban J connectivity index is 0.000000188. The second kappa shape index (κ2) is 19.0. The number of pyridine rings is 2.